The number of rotatable bonds is 5. The highest BCUT2D eigenvalue weighted by molar-refractivity contribution is 5.77. The second kappa shape index (κ2) is 8.75. The molecule has 0 radical (unpaired) electrons. The SMILES string of the molecule is O=[N+]([O-])c1cc(-c2cnc3ccccc3n2)ccc1Oc1ccc(C2CCCCC2)cc1. The van der Waals surface area contributed by atoms with E-state index in [4.69, 9.17) is 4.74 Å². The number of nitro groups is 1. The van der Waals surface area contributed by atoms with E-state index >= 15 is 0 Å². The quantitative estimate of drug-likeness (QED) is 0.253. The van der Waals surface area contributed by atoms with Crippen LogP contribution in [0.3, 0.4) is 0 Å². The molecule has 1 aromatic heterocycles. The summed E-state index contributed by atoms with van der Waals surface area (Å²) in [5, 5.41) is 11.8. The van der Waals surface area contributed by atoms with Crippen LogP contribution in [0.25, 0.3) is 22.3 Å². The number of hydrogen-bond donors (Lipinski definition) is 0. The summed E-state index contributed by atoms with van der Waals surface area (Å²) in [6, 6.07) is 20.4. The molecule has 0 N–H and O–H groups in total. The Bertz CT molecular complexity index is 1270. The average molecular weight is 425 g/mol. The van der Waals surface area contributed by atoms with Gasteiger partial charge in [0, 0.05) is 11.6 Å². The number of aromatic nitrogens is 2. The molecule has 0 unspecified atom stereocenters. The predicted octanol–water partition coefficient (Wildman–Crippen LogP) is 7.05. The minimum atomic E-state index is -0.427. The van der Waals surface area contributed by atoms with Crippen molar-refractivity contribution >= 4 is 16.7 Å². The first-order valence-corrected chi connectivity index (χ1v) is 11.0. The molecule has 1 aliphatic carbocycles. The molecule has 6 nitrogen and oxygen atoms in total. The van der Waals surface area contributed by atoms with Gasteiger partial charge in [-0.05, 0) is 60.7 Å². The van der Waals surface area contributed by atoms with Crippen LogP contribution in [0.15, 0.2) is 72.9 Å². The number of para-hydroxylation sites is 2. The van der Waals surface area contributed by atoms with Crippen molar-refractivity contribution in [3.8, 4) is 22.8 Å². The molecular formula is C26H23N3O3. The number of fused-ring (bicyclic) bond motifs is 1. The van der Waals surface area contributed by atoms with Gasteiger partial charge in [0.1, 0.15) is 5.75 Å². The lowest BCUT2D eigenvalue weighted by atomic mass is 9.84. The van der Waals surface area contributed by atoms with Gasteiger partial charge in [-0.1, -0.05) is 43.5 Å². The first kappa shape index (κ1) is 20.1. The van der Waals surface area contributed by atoms with Crippen molar-refractivity contribution in [1.82, 2.24) is 9.97 Å². The van der Waals surface area contributed by atoms with E-state index in [0.717, 1.165) is 11.0 Å². The second-order valence-electron chi connectivity index (χ2n) is 8.19. The second-order valence-corrected chi connectivity index (χ2v) is 8.19. The van der Waals surface area contributed by atoms with Gasteiger partial charge >= 0.3 is 5.69 Å². The fraction of sp³-hybridized carbons (Fsp3) is 0.231. The Morgan fingerprint density at radius 3 is 2.41 bits per heavy atom. The summed E-state index contributed by atoms with van der Waals surface area (Å²) < 4.78 is 5.90. The van der Waals surface area contributed by atoms with Gasteiger partial charge in [-0.25, -0.2) is 4.98 Å². The zero-order valence-corrected chi connectivity index (χ0v) is 17.6. The molecule has 1 heterocycles. The van der Waals surface area contributed by atoms with Crippen molar-refractivity contribution < 1.29 is 9.66 Å². The molecule has 1 fully saturated rings. The van der Waals surface area contributed by atoms with Crippen LogP contribution < -0.4 is 4.74 Å². The van der Waals surface area contributed by atoms with Gasteiger partial charge in [0.05, 0.1) is 27.8 Å². The van der Waals surface area contributed by atoms with Crippen LogP contribution in [0.5, 0.6) is 11.5 Å². The summed E-state index contributed by atoms with van der Waals surface area (Å²) in [5.74, 6) is 1.40. The lowest BCUT2D eigenvalue weighted by Gasteiger charge is -2.22. The van der Waals surface area contributed by atoms with Crippen molar-refractivity contribution in [1.29, 1.82) is 0 Å². The summed E-state index contributed by atoms with van der Waals surface area (Å²) in [4.78, 5) is 20.3. The van der Waals surface area contributed by atoms with E-state index in [1.807, 2.05) is 36.4 Å². The van der Waals surface area contributed by atoms with Gasteiger partial charge in [-0.3, -0.25) is 15.1 Å². The zero-order chi connectivity index (χ0) is 21.9. The molecule has 0 spiro atoms. The van der Waals surface area contributed by atoms with E-state index in [0.29, 0.717) is 22.9 Å². The summed E-state index contributed by atoms with van der Waals surface area (Å²) in [5.41, 5.74) is 3.93. The molecule has 0 saturated heterocycles. The highest BCUT2D eigenvalue weighted by atomic mass is 16.6. The Hall–Kier alpha value is -3.80. The van der Waals surface area contributed by atoms with E-state index in [9.17, 15) is 10.1 Å². The largest absolute Gasteiger partial charge is 0.450 e. The van der Waals surface area contributed by atoms with Crippen molar-refractivity contribution in [2.75, 3.05) is 0 Å². The first-order valence-electron chi connectivity index (χ1n) is 11.0. The maximum absolute atomic E-state index is 11.8. The molecule has 1 aliphatic rings. The minimum Gasteiger partial charge on any atom is -0.450 e. The number of nitrogens with zero attached hydrogens (tertiary/aromatic N) is 3. The van der Waals surface area contributed by atoms with Gasteiger partial charge < -0.3 is 4.74 Å². The molecule has 5 rings (SSSR count). The number of ether oxygens (including phenoxy) is 1. The Balaban J connectivity index is 1.41. The fourth-order valence-corrected chi connectivity index (χ4v) is 4.37. The van der Waals surface area contributed by atoms with Gasteiger partial charge in [-0.15, -0.1) is 0 Å². The van der Waals surface area contributed by atoms with Crippen molar-refractivity contribution in [2.24, 2.45) is 0 Å². The molecule has 3 aromatic carbocycles. The van der Waals surface area contributed by atoms with Crippen LogP contribution in [0.2, 0.25) is 0 Å². The molecule has 160 valence electrons. The summed E-state index contributed by atoms with van der Waals surface area (Å²) in [6.45, 7) is 0. The lowest BCUT2D eigenvalue weighted by molar-refractivity contribution is -0.385. The first-order chi connectivity index (χ1) is 15.7. The van der Waals surface area contributed by atoms with Gasteiger partial charge in [0.2, 0.25) is 5.75 Å². The number of benzene rings is 3. The Morgan fingerprint density at radius 1 is 0.906 bits per heavy atom. The van der Waals surface area contributed by atoms with E-state index < -0.39 is 4.92 Å². The summed E-state index contributed by atoms with van der Waals surface area (Å²) in [7, 11) is 0. The third-order valence-corrected chi connectivity index (χ3v) is 6.08. The highest BCUT2D eigenvalue weighted by Crippen LogP contribution is 2.37. The minimum absolute atomic E-state index is 0.103. The molecule has 32 heavy (non-hydrogen) atoms. The van der Waals surface area contributed by atoms with E-state index in [1.165, 1.54) is 43.7 Å². The van der Waals surface area contributed by atoms with Crippen LogP contribution in [-0.2, 0) is 0 Å². The van der Waals surface area contributed by atoms with E-state index in [1.54, 1.807) is 18.3 Å². The van der Waals surface area contributed by atoms with Crippen LogP contribution >= 0.6 is 0 Å². The molecule has 1 saturated carbocycles. The van der Waals surface area contributed by atoms with Gasteiger partial charge in [0.25, 0.3) is 0 Å². The lowest BCUT2D eigenvalue weighted by Crippen LogP contribution is -2.04. The van der Waals surface area contributed by atoms with Gasteiger partial charge in [0.15, 0.2) is 0 Å². The molecule has 0 amide bonds. The summed E-state index contributed by atoms with van der Waals surface area (Å²) in [6.07, 6.45) is 7.97. The predicted molar refractivity (Wildman–Crippen MR) is 124 cm³/mol. The Morgan fingerprint density at radius 2 is 1.66 bits per heavy atom. The topological polar surface area (TPSA) is 78.2 Å². The zero-order valence-electron chi connectivity index (χ0n) is 17.6. The molecule has 4 aromatic rings. The van der Waals surface area contributed by atoms with Crippen LogP contribution in [0.4, 0.5) is 5.69 Å². The summed E-state index contributed by atoms with van der Waals surface area (Å²) >= 11 is 0. The number of hydrogen-bond acceptors (Lipinski definition) is 5. The maximum atomic E-state index is 11.8. The highest BCUT2D eigenvalue weighted by Gasteiger charge is 2.19. The molecule has 0 atom stereocenters. The van der Waals surface area contributed by atoms with Crippen molar-refractivity contribution in [3.05, 3.63) is 88.6 Å². The smallest absolute Gasteiger partial charge is 0.312 e. The number of nitro benzene ring substituents is 1. The maximum Gasteiger partial charge on any atom is 0.312 e. The fourth-order valence-electron chi connectivity index (χ4n) is 4.37. The van der Waals surface area contributed by atoms with Gasteiger partial charge in [-0.2, -0.15) is 0 Å². The average Bonchev–Trinajstić information content (AvgIpc) is 2.85. The van der Waals surface area contributed by atoms with Crippen LogP contribution in [0.1, 0.15) is 43.6 Å². The third-order valence-electron chi connectivity index (χ3n) is 6.08. The standard InChI is InChI=1S/C26H23N3O3/c30-29(31)25-16-20(24-17-27-22-8-4-5-9-23(22)28-24)12-15-26(25)32-21-13-10-19(11-14-21)18-6-2-1-3-7-18/h4-5,8-18H,1-3,6-7H2. The Labute approximate surface area is 186 Å². The van der Waals surface area contributed by atoms with E-state index in [-0.39, 0.29) is 11.4 Å². The monoisotopic (exact) mass is 425 g/mol. The molecule has 0 aliphatic heterocycles. The van der Waals surface area contributed by atoms with Crippen LogP contribution in [-0.4, -0.2) is 14.9 Å². The Kier molecular flexibility index (Phi) is 5.50. The molecule has 6 heteroatoms. The normalized spacial score (nSPS) is 14.4. The third kappa shape index (κ3) is 4.17. The van der Waals surface area contributed by atoms with Crippen LogP contribution in [0, 0.1) is 10.1 Å². The molecular weight excluding hydrogens is 402 g/mol. The molecule has 0 bridgehead atoms. The van der Waals surface area contributed by atoms with E-state index in [2.05, 4.69) is 22.1 Å². The van der Waals surface area contributed by atoms with Crippen molar-refractivity contribution in [3.63, 3.8) is 0 Å². The van der Waals surface area contributed by atoms with Crippen molar-refractivity contribution in [2.45, 2.75) is 38.0 Å².